The van der Waals surface area contributed by atoms with Gasteiger partial charge in [0.1, 0.15) is 6.61 Å². The molecule has 226 valence electrons. The van der Waals surface area contributed by atoms with Gasteiger partial charge in [-0.2, -0.15) is 0 Å². The third kappa shape index (κ3) is 30.9. The summed E-state index contributed by atoms with van der Waals surface area (Å²) in [6, 6.07) is 0. The Labute approximate surface area is 236 Å². The molecule has 0 unspecified atom stereocenters. The Morgan fingerprint density at radius 1 is 0.744 bits per heavy atom. The molecule has 0 fully saturated rings. The summed E-state index contributed by atoms with van der Waals surface area (Å²) in [5.41, 5.74) is 6.68. The lowest BCUT2D eigenvalue weighted by Crippen LogP contribution is -2.18. The largest absolute Gasteiger partial charge is 0.466 e. The van der Waals surface area contributed by atoms with Crippen LogP contribution in [-0.2, 0) is 38.1 Å². The van der Waals surface area contributed by atoms with Crippen LogP contribution >= 0.6 is 0 Å². The van der Waals surface area contributed by atoms with Crippen LogP contribution in [0.1, 0.15) is 80.1 Å². The van der Waals surface area contributed by atoms with Crippen LogP contribution in [0.25, 0.3) is 0 Å². The van der Waals surface area contributed by atoms with Crippen molar-refractivity contribution in [2.45, 2.75) is 80.1 Å². The molecule has 0 atom stereocenters. The Hall–Kier alpha value is -3.20. The molecule has 0 aromatic heterocycles. The molecule has 0 heterocycles. The minimum atomic E-state index is -0.347. The predicted octanol–water partition coefficient (Wildman–Crippen LogP) is 5.64. The first-order valence-corrected chi connectivity index (χ1v) is 13.3. The molecule has 9 nitrogen and oxygen atoms in total. The number of unbranched alkanes of at least 4 members (excludes halogenated alkanes) is 2. The maximum absolute atomic E-state index is 11.3. The van der Waals surface area contributed by atoms with Crippen LogP contribution < -0.4 is 5.73 Å². The summed E-state index contributed by atoms with van der Waals surface area (Å²) >= 11 is 0. The molecular formula is C30H53NO8. The maximum atomic E-state index is 11.3. The van der Waals surface area contributed by atoms with Crippen molar-refractivity contribution in [2.75, 3.05) is 33.5 Å². The number of hydrogen-bond acceptors (Lipinski definition) is 9. The highest BCUT2D eigenvalue weighted by Gasteiger charge is 2.16. The molecule has 0 saturated carbocycles. The van der Waals surface area contributed by atoms with Gasteiger partial charge in [-0.3, -0.25) is 0 Å². The van der Waals surface area contributed by atoms with Crippen molar-refractivity contribution >= 4 is 23.9 Å². The third-order valence-electron chi connectivity index (χ3n) is 4.61. The molecule has 0 rings (SSSR count). The van der Waals surface area contributed by atoms with Crippen LogP contribution in [0.5, 0.6) is 0 Å². The molecule has 0 aromatic carbocycles. The van der Waals surface area contributed by atoms with Gasteiger partial charge in [0.05, 0.1) is 20.3 Å². The summed E-state index contributed by atoms with van der Waals surface area (Å²) in [5.74, 6) is -1.03. The Kier molecular flexibility index (Phi) is 34.1. The van der Waals surface area contributed by atoms with Crippen LogP contribution in [0.3, 0.4) is 0 Å². The van der Waals surface area contributed by atoms with Crippen molar-refractivity contribution in [2.24, 2.45) is 11.7 Å². The van der Waals surface area contributed by atoms with Crippen molar-refractivity contribution in [1.29, 1.82) is 0 Å². The molecular weight excluding hydrogens is 502 g/mol. The van der Waals surface area contributed by atoms with E-state index in [1.165, 1.54) is 13.2 Å². The predicted molar refractivity (Wildman–Crippen MR) is 157 cm³/mol. The first-order valence-electron chi connectivity index (χ1n) is 13.3. The second-order valence-corrected chi connectivity index (χ2v) is 8.23. The Morgan fingerprint density at radius 3 is 1.49 bits per heavy atom. The van der Waals surface area contributed by atoms with E-state index in [1.54, 1.807) is 13.8 Å². The summed E-state index contributed by atoms with van der Waals surface area (Å²) in [6.45, 7) is 26.9. The van der Waals surface area contributed by atoms with Gasteiger partial charge in [-0.05, 0) is 45.4 Å². The maximum Gasteiger partial charge on any atom is 0.333 e. The number of nitrogens with two attached hydrogens (primary N) is 1. The number of carbonyl (C=O) groups excluding carboxylic acids is 4. The van der Waals surface area contributed by atoms with Gasteiger partial charge in [-0.15, -0.1) is 0 Å². The van der Waals surface area contributed by atoms with Gasteiger partial charge in [-0.1, -0.05) is 66.9 Å². The number of esters is 4. The first-order chi connectivity index (χ1) is 18.3. The molecule has 0 amide bonds. The fourth-order valence-electron chi connectivity index (χ4n) is 2.18. The van der Waals surface area contributed by atoms with Crippen molar-refractivity contribution in [3.63, 3.8) is 0 Å². The van der Waals surface area contributed by atoms with E-state index >= 15 is 0 Å². The highest BCUT2D eigenvalue weighted by atomic mass is 16.5. The molecule has 39 heavy (non-hydrogen) atoms. The molecule has 0 aromatic rings. The van der Waals surface area contributed by atoms with Crippen LogP contribution in [-0.4, -0.2) is 57.4 Å². The zero-order chi connectivity index (χ0) is 31.2. The van der Waals surface area contributed by atoms with Crippen LogP contribution in [0.2, 0.25) is 0 Å². The third-order valence-corrected chi connectivity index (χ3v) is 4.61. The first kappa shape index (κ1) is 42.9. The van der Waals surface area contributed by atoms with E-state index in [0.717, 1.165) is 38.5 Å². The lowest BCUT2D eigenvalue weighted by Gasteiger charge is -2.14. The molecule has 9 heteroatoms. The van der Waals surface area contributed by atoms with Gasteiger partial charge < -0.3 is 24.7 Å². The van der Waals surface area contributed by atoms with E-state index < -0.39 is 0 Å². The fraction of sp³-hybridized carbons (Fsp3) is 0.600. The standard InChI is InChI=1S/C10H19NO2.C8H14O2.C7H12O2.C5H8O2/c1-4-9(5-2)8(3)10(12)13-7-6-11;1-4-5-6-10-8(9)7(2)3;1-3-5-6-9-7(8)4-2;1-4(2)5(6)7-3/h9H,3-7,11H2,1-2H3;2,4-6H2,1,3H3;4H,2-3,5-6H2,1H3;1H2,2-3H3. The molecule has 0 aliphatic rings. The monoisotopic (exact) mass is 555 g/mol. The van der Waals surface area contributed by atoms with E-state index in [1.807, 2.05) is 20.8 Å². The molecule has 0 bridgehead atoms. The van der Waals surface area contributed by atoms with Gasteiger partial charge in [0, 0.05) is 29.3 Å². The Balaban J connectivity index is -0.000000215. The zero-order valence-corrected chi connectivity index (χ0v) is 25.4. The van der Waals surface area contributed by atoms with Gasteiger partial charge in [0.25, 0.3) is 0 Å². The normalized spacial score (nSPS) is 9.05. The average Bonchev–Trinajstić information content (AvgIpc) is 2.92. The number of ether oxygens (including phenoxy) is 4. The second-order valence-electron chi connectivity index (χ2n) is 8.23. The van der Waals surface area contributed by atoms with E-state index in [-0.39, 0.29) is 36.4 Å². The minimum Gasteiger partial charge on any atom is -0.466 e. The topological polar surface area (TPSA) is 131 Å². The lowest BCUT2D eigenvalue weighted by atomic mass is 9.95. The van der Waals surface area contributed by atoms with Gasteiger partial charge in [-0.25, -0.2) is 19.2 Å². The molecule has 0 radical (unpaired) electrons. The fourth-order valence-corrected chi connectivity index (χ4v) is 2.18. The van der Waals surface area contributed by atoms with Gasteiger partial charge in [0.15, 0.2) is 0 Å². The van der Waals surface area contributed by atoms with Gasteiger partial charge in [0.2, 0.25) is 0 Å². The van der Waals surface area contributed by atoms with E-state index in [4.69, 9.17) is 15.2 Å². The molecule has 2 N–H and O–H groups in total. The summed E-state index contributed by atoms with van der Waals surface area (Å²) in [5, 5.41) is 0. The van der Waals surface area contributed by atoms with E-state index in [9.17, 15) is 19.2 Å². The SMILES string of the molecule is C=C(C(=O)OCCN)C(CC)CC.C=C(C)C(=O)OC.C=C(C)C(=O)OCCCC.C=CC(=O)OCCCC. The highest BCUT2D eigenvalue weighted by molar-refractivity contribution is 5.88. The van der Waals surface area contributed by atoms with Crippen molar-refractivity contribution < 1.29 is 38.1 Å². The van der Waals surface area contributed by atoms with Crippen molar-refractivity contribution in [3.8, 4) is 0 Å². The average molecular weight is 556 g/mol. The lowest BCUT2D eigenvalue weighted by molar-refractivity contribution is -0.140. The Morgan fingerprint density at radius 2 is 1.18 bits per heavy atom. The number of hydrogen-bond donors (Lipinski definition) is 1. The molecule has 0 aliphatic carbocycles. The van der Waals surface area contributed by atoms with Crippen molar-refractivity contribution in [1.82, 2.24) is 0 Å². The van der Waals surface area contributed by atoms with Crippen molar-refractivity contribution in [3.05, 3.63) is 49.1 Å². The molecule has 0 aliphatic heterocycles. The summed E-state index contributed by atoms with van der Waals surface area (Å²) in [7, 11) is 1.33. The quantitative estimate of drug-likeness (QED) is 0.118. The number of methoxy groups -OCH3 is 1. The minimum absolute atomic E-state index is 0.241. The summed E-state index contributed by atoms with van der Waals surface area (Å²) in [6.07, 6.45) is 6.97. The summed E-state index contributed by atoms with van der Waals surface area (Å²) < 4.78 is 18.6. The zero-order valence-electron chi connectivity index (χ0n) is 25.4. The van der Waals surface area contributed by atoms with Crippen LogP contribution in [0.15, 0.2) is 49.1 Å². The smallest absolute Gasteiger partial charge is 0.333 e. The van der Waals surface area contributed by atoms with Crippen LogP contribution in [0, 0.1) is 5.92 Å². The number of carbonyl (C=O) groups is 4. The number of rotatable bonds is 15. The van der Waals surface area contributed by atoms with Crippen LogP contribution in [0.4, 0.5) is 0 Å². The second kappa shape index (κ2) is 31.0. The molecule has 0 spiro atoms. The Bertz CT molecular complexity index is 739. The van der Waals surface area contributed by atoms with Gasteiger partial charge >= 0.3 is 23.9 Å². The van der Waals surface area contributed by atoms with E-state index in [0.29, 0.717) is 36.5 Å². The highest BCUT2D eigenvalue weighted by Crippen LogP contribution is 2.18. The summed E-state index contributed by atoms with van der Waals surface area (Å²) in [4.78, 5) is 42.5. The van der Waals surface area contributed by atoms with E-state index in [2.05, 4.69) is 42.7 Å². The molecule has 0 saturated heterocycles.